The van der Waals surface area contributed by atoms with Crippen LogP contribution in [0, 0.1) is 5.92 Å². The quantitative estimate of drug-likeness (QED) is 0.277. The van der Waals surface area contributed by atoms with Crippen molar-refractivity contribution in [2.24, 2.45) is 11.7 Å². The number of nitrogens with two attached hydrogens (primary N) is 1. The number of hydrogen-bond acceptors (Lipinski definition) is 8. The normalized spacial score (nSPS) is 29.6. The van der Waals surface area contributed by atoms with Gasteiger partial charge in [0.1, 0.15) is 17.7 Å². The molecule has 0 aromatic rings. The van der Waals surface area contributed by atoms with Crippen LogP contribution in [0.4, 0.5) is 0 Å². The summed E-state index contributed by atoms with van der Waals surface area (Å²) in [5, 5.41) is 34.8. The highest BCUT2D eigenvalue weighted by Gasteiger charge is 2.44. The molecule has 6 atom stereocenters. The van der Waals surface area contributed by atoms with E-state index in [1.54, 1.807) is 20.8 Å². The lowest BCUT2D eigenvalue weighted by Gasteiger charge is -2.42. The summed E-state index contributed by atoms with van der Waals surface area (Å²) in [5.41, 5.74) is 4.98. The molecule has 2 amide bonds. The number of rotatable bonds is 6. The van der Waals surface area contributed by atoms with Crippen LogP contribution in [-0.4, -0.2) is 75.6 Å². The Morgan fingerprint density at radius 3 is 2.26 bits per heavy atom. The van der Waals surface area contributed by atoms with Gasteiger partial charge in [0, 0.05) is 19.4 Å². The van der Waals surface area contributed by atoms with Crippen LogP contribution in [0.2, 0.25) is 0 Å². The standard InChI is InChI=1S/C17H31N3O7/c1-8(22)19-13-11(5-9(7-21)14(24)15(13)25)20-12(23)6-10(18)16(26)27-17(2,3)4/h9-11,13-15,21,24-25H,5-7,18H2,1-4H3,(H,19,22)(H,20,23)/t9?,10-,11?,13?,14?,15?/m0/s1. The SMILES string of the molecule is CC(=O)NC1C(NC(=O)C[C@H](N)C(=O)OC(C)(C)C)CC(CO)C(O)C1O. The van der Waals surface area contributed by atoms with Crippen molar-refractivity contribution in [3.05, 3.63) is 0 Å². The molecule has 5 unspecified atom stereocenters. The highest BCUT2D eigenvalue weighted by molar-refractivity contribution is 5.85. The fourth-order valence-corrected chi connectivity index (χ4v) is 3.02. The molecule has 1 fully saturated rings. The van der Waals surface area contributed by atoms with Crippen LogP contribution in [0.25, 0.3) is 0 Å². The number of aliphatic hydroxyl groups is 3. The third-order valence-electron chi connectivity index (χ3n) is 4.26. The van der Waals surface area contributed by atoms with E-state index in [0.29, 0.717) is 0 Å². The van der Waals surface area contributed by atoms with Gasteiger partial charge in [-0.1, -0.05) is 0 Å². The maximum absolute atomic E-state index is 12.3. The summed E-state index contributed by atoms with van der Waals surface area (Å²) in [7, 11) is 0. The Morgan fingerprint density at radius 1 is 1.19 bits per heavy atom. The van der Waals surface area contributed by atoms with Crippen LogP contribution < -0.4 is 16.4 Å². The zero-order valence-electron chi connectivity index (χ0n) is 16.1. The third kappa shape index (κ3) is 7.06. The number of amides is 2. The van der Waals surface area contributed by atoms with E-state index >= 15 is 0 Å². The lowest BCUT2D eigenvalue weighted by molar-refractivity contribution is -0.157. The Bertz CT molecular complexity index is 549. The van der Waals surface area contributed by atoms with Crippen molar-refractivity contribution in [1.82, 2.24) is 10.6 Å². The zero-order chi connectivity index (χ0) is 20.9. The number of esters is 1. The van der Waals surface area contributed by atoms with Crippen molar-refractivity contribution in [2.45, 2.75) is 76.5 Å². The molecular formula is C17H31N3O7. The summed E-state index contributed by atoms with van der Waals surface area (Å²) < 4.78 is 5.12. The molecule has 1 rings (SSSR count). The Morgan fingerprint density at radius 2 is 1.78 bits per heavy atom. The summed E-state index contributed by atoms with van der Waals surface area (Å²) >= 11 is 0. The van der Waals surface area contributed by atoms with Crippen LogP contribution in [0.15, 0.2) is 0 Å². The van der Waals surface area contributed by atoms with E-state index in [4.69, 9.17) is 10.5 Å². The van der Waals surface area contributed by atoms with Gasteiger partial charge in [0.25, 0.3) is 0 Å². The molecule has 7 N–H and O–H groups in total. The van der Waals surface area contributed by atoms with Crippen molar-refractivity contribution < 1.29 is 34.4 Å². The first-order valence-corrected chi connectivity index (χ1v) is 8.87. The topological polar surface area (TPSA) is 171 Å². The van der Waals surface area contributed by atoms with E-state index < -0.39 is 66.2 Å². The minimum atomic E-state index is -1.37. The zero-order valence-corrected chi connectivity index (χ0v) is 16.1. The summed E-state index contributed by atoms with van der Waals surface area (Å²) in [6.45, 7) is 5.89. The average molecular weight is 389 g/mol. The largest absolute Gasteiger partial charge is 0.459 e. The molecule has 0 saturated heterocycles. The van der Waals surface area contributed by atoms with Gasteiger partial charge < -0.3 is 36.4 Å². The number of nitrogens with one attached hydrogen (secondary N) is 2. The second-order valence-corrected chi connectivity index (χ2v) is 7.90. The van der Waals surface area contributed by atoms with Crippen LogP contribution >= 0.6 is 0 Å². The van der Waals surface area contributed by atoms with E-state index in [1.165, 1.54) is 6.92 Å². The number of carbonyl (C=O) groups excluding carboxylic acids is 3. The Hall–Kier alpha value is -1.75. The van der Waals surface area contributed by atoms with E-state index in [2.05, 4.69) is 10.6 Å². The van der Waals surface area contributed by atoms with Gasteiger partial charge in [-0.05, 0) is 27.2 Å². The number of ether oxygens (including phenoxy) is 1. The Balaban J connectivity index is 2.77. The minimum Gasteiger partial charge on any atom is -0.459 e. The first-order chi connectivity index (χ1) is 12.4. The van der Waals surface area contributed by atoms with Crippen molar-refractivity contribution in [3.8, 4) is 0 Å². The fraction of sp³-hybridized carbons (Fsp3) is 0.824. The van der Waals surface area contributed by atoms with E-state index in [9.17, 15) is 29.7 Å². The average Bonchev–Trinajstić information content (AvgIpc) is 2.52. The Labute approximate surface area is 158 Å². The number of carbonyl (C=O) groups is 3. The molecule has 0 aliphatic heterocycles. The molecule has 0 radical (unpaired) electrons. The monoisotopic (exact) mass is 389 g/mol. The molecule has 10 heteroatoms. The summed E-state index contributed by atoms with van der Waals surface area (Å²) in [6, 6.07) is -2.86. The molecule has 0 aromatic carbocycles. The maximum Gasteiger partial charge on any atom is 0.323 e. The van der Waals surface area contributed by atoms with Crippen LogP contribution in [0.3, 0.4) is 0 Å². The van der Waals surface area contributed by atoms with Gasteiger partial charge in [0.2, 0.25) is 11.8 Å². The van der Waals surface area contributed by atoms with Crippen molar-refractivity contribution >= 4 is 17.8 Å². The molecule has 156 valence electrons. The van der Waals surface area contributed by atoms with Crippen molar-refractivity contribution in [3.63, 3.8) is 0 Å². The van der Waals surface area contributed by atoms with Crippen molar-refractivity contribution in [1.29, 1.82) is 0 Å². The maximum atomic E-state index is 12.3. The number of hydrogen-bond donors (Lipinski definition) is 6. The van der Waals surface area contributed by atoms with Gasteiger partial charge in [-0.15, -0.1) is 0 Å². The van der Waals surface area contributed by atoms with Crippen LogP contribution in [0.5, 0.6) is 0 Å². The highest BCUT2D eigenvalue weighted by Crippen LogP contribution is 2.26. The first kappa shape index (κ1) is 23.3. The van der Waals surface area contributed by atoms with E-state index in [1.807, 2.05) is 0 Å². The number of aliphatic hydroxyl groups excluding tert-OH is 3. The first-order valence-electron chi connectivity index (χ1n) is 8.87. The van der Waals surface area contributed by atoms with Crippen LogP contribution in [0.1, 0.15) is 40.5 Å². The van der Waals surface area contributed by atoms with Gasteiger partial charge in [-0.3, -0.25) is 14.4 Å². The summed E-state index contributed by atoms with van der Waals surface area (Å²) in [5.74, 6) is -2.41. The van der Waals surface area contributed by atoms with Gasteiger partial charge in [0.15, 0.2) is 0 Å². The molecule has 10 nitrogen and oxygen atoms in total. The molecule has 1 saturated carbocycles. The van der Waals surface area contributed by atoms with Gasteiger partial charge in [-0.2, -0.15) is 0 Å². The smallest absolute Gasteiger partial charge is 0.323 e. The van der Waals surface area contributed by atoms with E-state index in [-0.39, 0.29) is 12.8 Å². The van der Waals surface area contributed by atoms with Gasteiger partial charge in [0.05, 0.1) is 24.6 Å². The lowest BCUT2D eigenvalue weighted by atomic mass is 9.78. The van der Waals surface area contributed by atoms with Gasteiger partial charge in [-0.25, -0.2) is 0 Å². The second-order valence-electron chi connectivity index (χ2n) is 7.90. The predicted molar refractivity (Wildman–Crippen MR) is 95.2 cm³/mol. The molecule has 0 aromatic heterocycles. The fourth-order valence-electron chi connectivity index (χ4n) is 3.02. The predicted octanol–water partition coefficient (Wildman–Crippen LogP) is -2.23. The molecule has 27 heavy (non-hydrogen) atoms. The van der Waals surface area contributed by atoms with Gasteiger partial charge >= 0.3 is 5.97 Å². The molecule has 0 heterocycles. The Kier molecular flexibility index (Phi) is 8.15. The van der Waals surface area contributed by atoms with Crippen LogP contribution in [-0.2, 0) is 19.1 Å². The lowest BCUT2D eigenvalue weighted by Crippen LogP contribution is -2.65. The highest BCUT2D eigenvalue weighted by atomic mass is 16.6. The molecule has 1 aliphatic rings. The summed E-state index contributed by atoms with van der Waals surface area (Å²) in [4.78, 5) is 35.6. The third-order valence-corrected chi connectivity index (χ3v) is 4.26. The molecular weight excluding hydrogens is 358 g/mol. The summed E-state index contributed by atoms with van der Waals surface area (Å²) in [6.07, 6.45) is -2.83. The van der Waals surface area contributed by atoms with Crippen molar-refractivity contribution in [2.75, 3.05) is 6.61 Å². The minimum absolute atomic E-state index is 0.132. The molecule has 1 aliphatic carbocycles. The molecule has 0 bridgehead atoms. The molecule has 0 spiro atoms. The van der Waals surface area contributed by atoms with E-state index in [0.717, 1.165) is 0 Å². The second kappa shape index (κ2) is 9.45.